The van der Waals surface area contributed by atoms with Crippen molar-refractivity contribution in [1.29, 1.82) is 0 Å². The van der Waals surface area contributed by atoms with Gasteiger partial charge in [0.1, 0.15) is 0 Å². The Kier molecular flexibility index (Phi) is 3.59. The minimum absolute atomic E-state index is 0.276. The predicted molar refractivity (Wildman–Crippen MR) is 68.6 cm³/mol. The molecule has 1 unspecified atom stereocenters. The zero-order chi connectivity index (χ0) is 13.1. The molecule has 18 heavy (non-hydrogen) atoms. The Bertz CT molecular complexity index is 566. The Morgan fingerprint density at radius 3 is 3.06 bits per heavy atom. The monoisotopic (exact) mass is 265 g/mol. The van der Waals surface area contributed by atoms with Gasteiger partial charge < -0.3 is 11.1 Å². The summed E-state index contributed by atoms with van der Waals surface area (Å²) < 4.78 is 1.49. The number of anilines is 1. The highest BCUT2D eigenvalue weighted by Gasteiger charge is 2.10. The van der Waals surface area contributed by atoms with Crippen molar-refractivity contribution >= 4 is 23.2 Å². The van der Waals surface area contributed by atoms with Crippen LogP contribution in [0.25, 0.3) is 5.82 Å². The number of nitrogens with one attached hydrogen (secondary N) is 1. The predicted octanol–water partition coefficient (Wildman–Crippen LogP) is 1.21. The summed E-state index contributed by atoms with van der Waals surface area (Å²) in [5.74, 6) is 0.224. The van der Waals surface area contributed by atoms with Crippen molar-refractivity contribution < 1.29 is 4.79 Å². The zero-order valence-corrected chi connectivity index (χ0v) is 10.4. The Hall–Kier alpha value is -1.92. The summed E-state index contributed by atoms with van der Waals surface area (Å²) in [7, 11) is 0. The molecule has 1 amide bonds. The van der Waals surface area contributed by atoms with Crippen LogP contribution in [0.2, 0.25) is 5.02 Å². The minimum atomic E-state index is -0.577. The summed E-state index contributed by atoms with van der Waals surface area (Å²) in [6.07, 6.45) is 4.74. The molecule has 0 bridgehead atoms. The van der Waals surface area contributed by atoms with Gasteiger partial charge in [-0.2, -0.15) is 5.10 Å². The molecule has 0 aliphatic carbocycles. The van der Waals surface area contributed by atoms with Gasteiger partial charge in [-0.1, -0.05) is 11.6 Å². The van der Waals surface area contributed by atoms with Crippen LogP contribution in [0.3, 0.4) is 0 Å². The zero-order valence-electron chi connectivity index (χ0n) is 9.67. The Labute approximate surface area is 109 Å². The third-order valence-electron chi connectivity index (χ3n) is 2.22. The van der Waals surface area contributed by atoms with Crippen molar-refractivity contribution in [2.75, 3.05) is 5.32 Å². The summed E-state index contributed by atoms with van der Waals surface area (Å²) in [6.45, 7) is 1.61. The Morgan fingerprint density at radius 1 is 1.61 bits per heavy atom. The van der Waals surface area contributed by atoms with Crippen molar-refractivity contribution in [3.05, 3.63) is 35.7 Å². The highest BCUT2D eigenvalue weighted by atomic mass is 35.5. The van der Waals surface area contributed by atoms with Crippen molar-refractivity contribution in [2.45, 2.75) is 13.0 Å². The molecule has 2 heterocycles. The second kappa shape index (κ2) is 5.16. The van der Waals surface area contributed by atoms with Crippen LogP contribution in [-0.2, 0) is 4.79 Å². The lowest BCUT2D eigenvalue weighted by Crippen LogP contribution is -2.32. The molecule has 2 aromatic rings. The average Bonchev–Trinajstić information content (AvgIpc) is 2.77. The highest BCUT2D eigenvalue weighted by Crippen LogP contribution is 2.17. The van der Waals surface area contributed by atoms with Crippen LogP contribution < -0.4 is 11.1 Å². The second-order valence-electron chi connectivity index (χ2n) is 3.76. The molecule has 7 heteroatoms. The first-order valence-corrected chi connectivity index (χ1v) is 5.67. The third-order valence-corrected chi connectivity index (χ3v) is 2.51. The molecule has 0 radical (unpaired) electrons. The first kappa shape index (κ1) is 12.5. The Morgan fingerprint density at radius 2 is 2.39 bits per heavy atom. The molecule has 2 rings (SSSR count). The van der Waals surface area contributed by atoms with Gasteiger partial charge in [-0.05, 0) is 19.1 Å². The van der Waals surface area contributed by atoms with Gasteiger partial charge in [0, 0.05) is 6.20 Å². The van der Waals surface area contributed by atoms with Gasteiger partial charge >= 0.3 is 0 Å². The molecule has 0 spiro atoms. The summed E-state index contributed by atoms with van der Waals surface area (Å²) >= 11 is 5.99. The van der Waals surface area contributed by atoms with E-state index in [2.05, 4.69) is 15.4 Å². The molecule has 1 atom stereocenters. The molecule has 0 aromatic carbocycles. The fourth-order valence-corrected chi connectivity index (χ4v) is 1.51. The van der Waals surface area contributed by atoms with Gasteiger partial charge in [0.15, 0.2) is 5.82 Å². The van der Waals surface area contributed by atoms with E-state index in [9.17, 15) is 4.79 Å². The lowest BCUT2D eigenvalue weighted by molar-refractivity contribution is -0.117. The topological polar surface area (TPSA) is 85.8 Å². The summed E-state index contributed by atoms with van der Waals surface area (Å²) in [5.41, 5.74) is 5.99. The molecular weight excluding hydrogens is 254 g/mol. The van der Waals surface area contributed by atoms with Crippen LogP contribution >= 0.6 is 11.6 Å². The van der Waals surface area contributed by atoms with E-state index in [1.54, 1.807) is 31.5 Å². The Balaban J connectivity index is 2.21. The number of nitrogens with zero attached hydrogens (tertiary/aromatic N) is 3. The SMILES string of the molecule is CC(N)C(=O)Nc1cnn(-c2ncccc2Cl)c1. The average molecular weight is 266 g/mol. The maximum Gasteiger partial charge on any atom is 0.241 e. The fourth-order valence-electron chi connectivity index (χ4n) is 1.31. The maximum absolute atomic E-state index is 11.4. The normalized spacial score (nSPS) is 12.2. The second-order valence-corrected chi connectivity index (χ2v) is 4.17. The molecule has 0 aliphatic heterocycles. The number of carbonyl (C=O) groups excluding carboxylic acids is 1. The van der Waals surface area contributed by atoms with Crippen molar-refractivity contribution in [3.8, 4) is 5.82 Å². The number of amides is 1. The molecule has 3 N–H and O–H groups in total. The molecule has 2 aromatic heterocycles. The minimum Gasteiger partial charge on any atom is -0.322 e. The smallest absolute Gasteiger partial charge is 0.241 e. The lowest BCUT2D eigenvalue weighted by Gasteiger charge is -2.04. The van der Waals surface area contributed by atoms with Crippen LogP contribution in [0, 0.1) is 0 Å². The van der Waals surface area contributed by atoms with Crippen molar-refractivity contribution in [3.63, 3.8) is 0 Å². The van der Waals surface area contributed by atoms with Gasteiger partial charge in [0.05, 0.1) is 29.1 Å². The summed E-state index contributed by atoms with van der Waals surface area (Å²) in [6, 6.07) is 2.87. The van der Waals surface area contributed by atoms with Gasteiger partial charge in [-0.15, -0.1) is 0 Å². The van der Waals surface area contributed by atoms with E-state index in [0.29, 0.717) is 16.5 Å². The van der Waals surface area contributed by atoms with E-state index in [1.165, 1.54) is 10.9 Å². The van der Waals surface area contributed by atoms with Crippen molar-refractivity contribution in [2.24, 2.45) is 5.73 Å². The van der Waals surface area contributed by atoms with E-state index in [-0.39, 0.29) is 5.91 Å². The van der Waals surface area contributed by atoms with E-state index < -0.39 is 6.04 Å². The molecule has 0 saturated carbocycles. The number of hydrogen-bond acceptors (Lipinski definition) is 4. The van der Waals surface area contributed by atoms with Gasteiger partial charge in [0.25, 0.3) is 0 Å². The molecule has 0 fully saturated rings. The van der Waals surface area contributed by atoms with Crippen LogP contribution in [0.4, 0.5) is 5.69 Å². The number of pyridine rings is 1. The van der Waals surface area contributed by atoms with E-state index >= 15 is 0 Å². The fraction of sp³-hybridized carbons (Fsp3) is 0.182. The molecule has 0 aliphatic rings. The lowest BCUT2D eigenvalue weighted by atomic mass is 10.3. The number of hydrogen-bond donors (Lipinski definition) is 2. The standard InChI is InChI=1S/C11H12ClN5O/c1-7(13)11(18)16-8-5-15-17(6-8)10-9(12)3-2-4-14-10/h2-7H,13H2,1H3,(H,16,18). The summed E-state index contributed by atoms with van der Waals surface area (Å²) in [4.78, 5) is 15.5. The van der Waals surface area contributed by atoms with Crippen LogP contribution in [0.15, 0.2) is 30.7 Å². The van der Waals surface area contributed by atoms with Crippen LogP contribution in [-0.4, -0.2) is 26.7 Å². The van der Waals surface area contributed by atoms with Crippen molar-refractivity contribution in [1.82, 2.24) is 14.8 Å². The van der Waals surface area contributed by atoms with Crippen LogP contribution in [0.1, 0.15) is 6.92 Å². The third kappa shape index (κ3) is 2.66. The van der Waals surface area contributed by atoms with E-state index in [4.69, 9.17) is 17.3 Å². The highest BCUT2D eigenvalue weighted by molar-refractivity contribution is 6.32. The van der Waals surface area contributed by atoms with E-state index in [0.717, 1.165) is 0 Å². The van der Waals surface area contributed by atoms with Crippen LogP contribution in [0.5, 0.6) is 0 Å². The van der Waals surface area contributed by atoms with Gasteiger partial charge in [0.2, 0.25) is 5.91 Å². The largest absolute Gasteiger partial charge is 0.322 e. The number of halogens is 1. The molecular formula is C11H12ClN5O. The molecule has 0 saturated heterocycles. The number of rotatable bonds is 3. The maximum atomic E-state index is 11.4. The van der Waals surface area contributed by atoms with Gasteiger partial charge in [-0.25, -0.2) is 9.67 Å². The quantitative estimate of drug-likeness (QED) is 0.873. The molecule has 94 valence electrons. The van der Waals surface area contributed by atoms with Gasteiger partial charge in [-0.3, -0.25) is 4.79 Å². The summed E-state index contributed by atoms with van der Waals surface area (Å²) in [5, 5.41) is 7.18. The molecule has 6 nitrogen and oxygen atoms in total. The first-order chi connectivity index (χ1) is 8.58. The number of carbonyl (C=O) groups is 1. The number of aromatic nitrogens is 3. The first-order valence-electron chi connectivity index (χ1n) is 5.30. The number of nitrogens with two attached hydrogens (primary N) is 1. The van der Waals surface area contributed by atoms with E-state index in [1.807, 2.05) is 0 Å².